The smallest absolute Gasteiger partial charge is 0.259 e. The van der Waals surface area contributed by atoms with E-state index < -0.39 is 0 Å². The topological polar surface area (TPSA) is 48.7 Å². The molecule has 0 bridgehead atoms. The fraction of sp³-hybridized carbons (Fsp3) is 0.353. The molecule has 1 aliphatic heterocycles. The Balaban J connectivity index is 1.85. The number of halogens is 1. The zero-order valence-electron chi connectivity index (χ0n) is 13.3. The highest BCUT2D eigenvalue weighted by atomic mass is 35.5. The second kappa shape index (κ2) is 6.64. The van der Waals surface area contributed by atoms with Gasteiger partial charge in [-0.2, -0.15) is 0 Å². The molecule has 0 radical (unpaired) electrons. The second-order valence-electron chi connectivity index (χ2n) is 5.80. The van der Waals surface area contributed by atoms with Gasteiger partial charge in [-0.15, -0.1) is 0 Å². The number of anilines is 2. The van der Waals surface area contributed by atoms with Crippen LogP contribution in [0.3, 0.4) is 0 Å². The predicted molar refractivity (Wildman–Crippen MR) is 92.6 cm³/mol. The normalized spacial score (nSPS) is 15.7. The molecule has 0 saturated carbocycles. The minimum Gasteiger partial charge on any atom is -0.469 e. The minimum absolute atomic E-state index is 0.186. The number of hydrogen-bond acceptors (Lipinski definition) is 4. The minimum atomic E-state index is -0.186. The van der Waals surface area contributed by atoms with Crippen molar-refractivity contribution in [3.8, 4) is 0 Å². The summed E-state index contributed by atoms with van der Waals surface area (Å²) in [6.07, 6.45) is 1.52. The van der Waals surface area contributed by atoms with E-state index in [0.717, 1.165) is 37.6 Å². The van der Waals surface area contributed by atoms with E-state index in [9.17, 15) is 4.79 Å². The number of carbonyl (C=O) groups is 1. The van der Waals surface area contributed by atoms with Gasteiger partial charge in [0.2, 0.25) is 0 Å². The summed E-state index contributed by atoms with van der Waals surface area (Å²) in [6.45, 7) is 5.61. The molecule has 0 unspecified atom stereocenters. The van der Waals surface area contributed by atoms with Crippen LogP contribution in [0.2, 0.25) is 5.02 Å². The van der Waals surface area contributed by atoms with Gasteiger partial charge in [0.15, 0.2) is 0 Å². The molecular weight excluding hydrogens is 314 g/mol. The molecule has 1 saturated heterocycles. The van der Waals surface area contributed by atoms with Crippen molar-refractivity contribution in [2.45, 2.75) is 6.92 Å². The molecule has 1 amide bonds. The van der Waals surface area contributed by atoms with Gasteiger partial charge in [0.25, 0.3) is 5.91 Å². The lowest BCUT2D eigenvalue weighted by Crippen LogP contribution is -2.44. The summed E-state index contributed by atoms with van der Waals surface area (Å²) >= 11 is 6.12. The summed E-state index contributed by atoms with van der Waals surface area (Å²) in [6, 6.07) is 7.28. The van der Waals surface area contributed by atoms with Gasteiger partial charge >= 0.3 is 0 Å². The zero-order valence-corrected chi connectivity index (χ0v) is 14.1. The molecule has 3 rings (SSSR count). The number of furan rings is 1. The van der Waals surface area contributed by atoms with E-state index in [1.165, 1.54) is 6.26 Å². The van der Waals surface area contributed by atoms with E-state index in [4.69, 9.17) is 16.0 Å². The number of likely N-dealkylation sites (N-methyl/N-ethyl adjacent to an activating group) is 1. The van der Waals surface area contributed by atoms with Crippen LogP contribution < -0.4 is 10.2 Å². The van der Waals surface area contributed by atoms with Crippen molar-refractivity contribution in [2.75, 3.05) is 43.4 Å². The molecule has 2 heterocycles. The van der Waals surface area contributed by atoms with Crippen molar-refractivity contribution in [1.82, 2.24) is 4.90 Å². The lowest BCUT2D eigenvalue weighted by atomic mass is 10.2. The van der Waals surface area contributed by atoms with Crippen LogP contribution in [-0.2, 0) is 0 Å². The van der Waals surface area contributed by atoms with Gasteiger partial charge in [-0.25, -0.2) is 0 Å². The molecular formula is C17H20ClN3O2. The molecule has 1 aliphatic rings. The maximum Gasteiger partial charge on any atom is 0.259 e. The molecule has 122 valence electrons. The van der Waals surface area contributed by atoms with Gasteiger partial charge in [0.05, 0.1) is 23.2 Å². The average Bonchev–Trinajstić information content (AvgIpc) is 2.95. The van der Waals surface area contributed by atoms with Crippen molar-refractivity contribution in [3.05, 3.63) is 46.9 Å². The van der Waals surface area contributed by atoms with E-state index in [-0.39, 0.29) is 5.91 Å². The van der Waals surface area contributed by atoms with Crippen LogP contribution in [0, 0.1) is 6.92 Å². The van der Waals surface area contributed by atoms with E-state index in [0.29, 0.717) is 16.3 Å². The van der Waals surface area contributed by atoms with E-state index in [2.05, 4.69) is 22.2 Å². The number of nitrogens with zero attached hydrogens (tertiary/aromatic N) is 2. The van der Waals surface area contributed by atoms with Crippen molar-refractivity contribution in [2.24, 2.45) is 0 Å². The molecule has 1 aromatic carbocycles. The lowest BCUT2D eigenvalue weighted by molar-refractivity contribution is 0.102. The summed E-state index contributed by atoms with van der Waals surface area (Å²) in [4.78, 5) is 17.0. The number of aryl methyl sites for hydroxylation is 1. The number of benzene rings is 1. The van der Waals surface area contributed by atoms with Crippen LogP contribution in [0.15, 0.2) is 34.9 Å². The van der Waals surface area contributed by atoms with Crippen LogP contribution in [0.4, 0.5) is 11.4 Å². The number of rotatable bonds is 3. The Kier molecular flexibility index (Phi) is 4.59. The number of carbonyl (C=O) groups excluding carboxylic acids is 1. The van der Waals surface area contributed by atoms with Crippen LogP contribution in [0.5, 0.6) is 0 Å². The maximum atomic E-state index is 12.5. The Morgan fingerprint density at radius 2 is 1.96 bits per heavy atom. The number of hydrogen-bond donors (Lipinski definition) is 1. The van der Waals surface area contributed by atoms with E-state index in [1.807, 2.05) is 12.1 Å². The van der Waals surface area contributed by atoms with Gasteiger partial charge in [-0.1, -0.05) is 11.6 Å². The summed E-state index contributed by atoms with van der Waals surface area (Å²) < 4.78 is 5.20. The molecule has 1 fully saturated rings. The molecule has 1 aromatic heterocycles. The highest BCUT2D eigenvalue weighted by Crippen LogP contribution is 2.30. The SMILES string of the molecule is Cc1occc1C(=O)Nc1cc(Cl)ccc1N1CCN(C)CC1. The van der Waals surface area contributed by atoms with Crippen molar-refractivity contribution >= 4 is 28.9 Å². The summed E-state index contributed by atoms with van der Waals surface area (Å²) in [5, 5.41) is 3.56. The Morgan fingerprint density at radius 1 is 1.22 bits per heavy atom. The molecule has 23 heavy (non-hydrogen) atoms. The monoisotopic (exact) mass is 333 g/mol. The highest BCUT2D eigenvalue weighted by Gasteiger charge is 2.19. The van der Waals surface area contributed by atoms with E-state index in [1.54, 1.807) is 19.1 Å². The van der Waals surface area contributed by atoms with Gasteiger partial charge in [-0.3, -0.25) is 4.79 Å². The van der Waals surface area contributed by atoms with Gasteiger partial charge < -0.3 is 19.5 Å². The molecule has 0 spiro atoms. The van der Waals surface area contributed by atoms with Crippen molar-refractivity contribution in [1.29, 1.82) is 0 Å². The largest absolute Gasteiger partial charge is 0.469 e. The Bertz CT molecular complexity index is 706. The fourth-order valence-corrected chi connectivity index (χ4v) is 2.91. The van der Waals surface area contributed by atoms with E-state index >= 15 is 0 Å². The summed E-state index contributed by atoms with van der Waals surface area (Å²) in [7, 11) is 2.11. The molecule has 0 atom stereocenters. The molecule has 2 aromatic rings. The molecule has 0 aliphatic carbocycles. The standard InChI is InChI=1S/C17H20ClN3O2/c1-12-14(5-10-23-12)17(22)19-15-11-13(18)3-4-16(15)21-8-6-20(2)7-9-21/h3-5,10-11H,6-9H2,1-2H3,(H,19,22). The number of piperazine rings is 1. The summed E-state index contributed by atoms with van der Waals surface area (Å²) in [5.41, 5.74) is 2.26. The van der Waals surface area contributed by atoms with Gasteiger partial charge in [0, 0.05) is 31.2 Å². The Hall–Kier alpha value is -1.98. The third kappa shape index (κ3) is 3.51. The second-order valence-corrected chi connectivity index (χ2v) is 6.23. The zero-order chi connectivity index (χ0) is 16.4. The number of amides is 1. The highest BCUT2D eigenvalue weighted by molar-refractivity contribution is 6.31. The first-order valence-corrected chi connectivity index (χ1v) is 8.01. The van der Waals surface area contributed by atoms with Crippen molar-refractivity contribution < 1.29 is 9.21 Å². The van der Waals surface area contributed by atoms with Crippen LogP contribution >= 0.6 is 11.6 Å². The predicted octanol–water partition coefficient (Wildman–Crippen LogP) is 3.25. The lowest BCUT2D eigenvalue weighted by Gasteiger charge is -2.35. The van der Waals surface area contributed by atoms with Crippen LogP contribution in [0.1, 0.15) is 16.1 Å². The third-order valence-electron chi connectivity index (χ3n) is 4.15. The third-order valence-corrected chi connectivity index (χ3v) is 4.39. The van der Waals surface area contributed by atoms with Gasteiger partial charge in [0.1, 0.15) is 5.76 Å². The van der Waals surface area contributed by atoms with Crippen LogP contribution in [-0.4, -0.2) is 44.0 Å². The Labute approximate surface area is 140 Å². The first kappa shape index (κ1) is 15.9. The molecule has 5 nitrogen and oxygen atoms in total. The first-order valence-electron chi connectivity index (χ1n) is 7.63. The quantitative estimate of drug-likeness (QED) is 0.936. The summed E-state index contributed by atoms with van der Waals surface area (Å²) in [5.74, 6) is 0.416. The maximum absolute atomic E-state index is 12.5. The molecule has 1 N–H and O–H groups in total. The average molecular weight is 334 g/mol. The Morgan fingerprint density at radius 3 is 2.61 bits per heavy atom. The molecule has 6 heteroatoms. The number of nitrogens with one attached hydrogen (secondary N) is 1. The fourth-order valence-electron chi connectivity index (χ4n) is 2.74. The van der Waals surface area contributed by atoms with Crippen molar-refractivity contribution in [3.63, 3.8) is 0 Å². The van der Waals surface area contributed by atoms with Gasteiger partial charge in [-0.05, 0) is 38.2 Å². The first-order chi connectivity index (χ1) is 11.0. The van der Waals surface area contributed by atoms with Crippen LogP contribution in [0.25, 0.3) is 0 Å².